The summed E-state index contributed by atoms with van der Waals surface area (Å²) in [6.45, 7) is 3.35. The summed E-state index contributed by atoms with van der Waals surface area (Å²) in [5.74, 6) is -2.16. The maximum Gasteiger partial charge on any atom is 0.334 e. The molecule has 0 unspecified atom stereocenters. The first-order valence-electron chi connectivity index (χ1n) is 5.57. The van der Waals surface area contributed by atoms with E-state index in [2.05, 4.69) is 6.58 Å². The van der Waals surface area contributed by atoms with Crippen LogP contribution in [0.3, 0.4) is 0 Å². The normalized spacial score (nSPS) is 15.3. The van der Waals surface area contributed by atoms with Gasteiger partial charge in [-0.3, -0.25) is 19.4 Å². The Kier molecular flexibility index (Phi) is 3.41. The minimum Gasteiger partial charge on any atom is -0.263 e. The molecule has 4 amide bonds. The number of nitrogens with zero attached hydrogens (tertiary/aromatic N) is 2. The standard InChI is InChI=1S/C13H11FN2O3/c1-2-7-15-11(17)12(18)16(13(15)19)8-9-3-5-10(14)6-4-9/h2-6H,1,7-8H2. The monoisotopic (exact) mass is 262 g/mol. The molecule has 0 spiro atoms. The van der Waals surface area contributed by atoms with Gasteiger partial charge in [-0.1, -0.05) is 18.2 Å². The molecule has 6 heteroatoms. The number of carbonyl (C=O) groups excluding carboxylic acids is 3. The van der Waals surface area contributed by atoms with Gasteiger partial charge in [0.05, 0.1) is 6.54 Å². The number of amides is 4. The van der Waals surface area contributed by atoms with Crippen molar-refractivity contribution in [2.75, 3.05) is 6.54 Å². The van der Waals surface area contributed by atoms with Crippen molar-refractivity contribution in [1.29, 1.82) is 0 Å². The van der Waals surface area contributed by atoms with Crippen LogP contribution in [0.5, 0.6) is 0 Å². The van der Waals surface area contributed by atoms with Gasteiger partial charge in [0.2, 0.25) is 0 Å². The largest absolute Gasteiger partial charge is 0.334 e. The number of halogens is 1. The van der Waals surface area contributed by atoms with E-state index >= 15 is 0 Å². The maximum atomic E-state index is 12.8. The van der Waals surface area contributed by atoms with Crippen molar-refractivity contribution in [1.82, 2.24) is 9.80 Å². The number of hydrogen-bond donors (Lipinski definition) is 0. The fraction of sp³-hybridized carbons (Fsp3) is 0.154. The van der Waals surface area contributed by atoms with Crippen LogP contribution in [-0.2, 0) is 16.1 Å². The molecule has 0 aliphatic carbocycles. The van der Waals surface area contributed by atoms with Gasteiger partial charge in [-0.15, -0.1) is 6.58 Å². The summed E-state index contributed by atoms with van der Waals surface area (Å²) in [6, 6.07) is 4.68. The van der Waals surface area contributed by atoms with Crippen molar-refractivity contribution in [2.45, 2.75) is 6.54 Å². The number of urea groups is 1. The molecule has 0 atom stereocenters. The topological polar surface area (TPSA) is 57.7 Å². The summed E-state index contributed by atoms with van der Waals surface area (Å²) < 4.78 is 12.8. The summed E-state index contributed by atoms with van der Waals surface area (Å²) in [5.41, 5.74) is 0.566. The molecule has 2 rings (SSSR count). The average molecular weight is 262 g/mol. The Balaban J connectivity index is 2.18. The van der Waals surface area contributed by atoms with Crippen LogP contribution in [0.1, 0.15) is 5.56 Å². The van der Waals surface area contributed by atoms with Gasteiger partial charge >= 0.3 is 17.8 Å². The molecule has 0 bridgehead atoms. The zero-order valence-electron chi connectivity index (χ0n) is 10.0. The lowest BCUT2D eigenvalue weighted by molar-refractivity contribution is -0.143. The zero-order valence-corrected chi connectivity index (χ0v) is 10.0. The Labute approximate surface area is 108 Å². The summed E-state index contributed by atoms with van der Waals surface area (Å²) >= 11 is 0. The van der Waals surface area contributed by atoms with Crippen LogP contribution in [0, 0.1) is 5.82 Å². The smallest absolute Gasteiger partial charge is 0.263 e. The molecule has 5 nitrogen and oxygen atoms in total. The van der Waals surface area contributed by atoms with Crippen molar-refractivity contribution in [3.63, 3.8) is 0 Å². The minimum atomic E-state index is -0.879. The number of carbonyl (C=O) groups is 3. The van der Waals surface area contributed by atoms with E-state index in [1.54, 1.807) is 0 Å². The quantitative estimate of drug-likeness (QED) is 0.467. The van der Waals surface area contributed by atoms with E-state index in [0.29, 0.717) is 5.56 Å². The van der Waals surface area contributed by atoms with E-state index < -0.39 is 23.7 Å². The second-order valence-electron chi connectivity index (χ2n) is 4.00. The molecule has 1 fully saturated rings. The third-order valence-electron chi connectivity index (χ3n) is 2.70. The van der Waals surface area contributed by atoms with Gasteiger partial charge in [0, 0.05) is 6.54 Å². The first-order valence-corrected chi connectivity index (χ1v) is 5.57. The van der Waals surface area contributed by atoms with Gasteiger partial charge in [-0.2, -0.15) is 0 Å². The lowest BCUT2D eigenvalue weighted by Gasteiger charge is -2.14. The van der Waals surface area contributed by atoms with Crippen LogP contribution in [0.15, 0.2) is 36.9 Å². The highest BCUT2D eigenvalue weighted by atomic mass is 19.1. The van der Waals surface area contributed by atoms with Crippen molar-refractivity contribution in [2.24, 2.45) is 0 Å². The van der Waals surface area contributed by atoms with Crippen LogP contribution in [0.4, 0.5) is 9.18 Å². The second-order valence-corrected chi connectivity index (χ2v) is 4.00. The molecule has 0 N–H and O–H groups in total. The van der Waals surface area contributed by atoms with Gasteiger partial charge in [-0.25, -0.2) is 9.18 Å². The molecule has 1 aliphatic heterocycles. The van der Waals surface area contributed by atoms with Crippen LogP contribution in [0.2, 0.25) is 0 Å². The summed E-state index contributed by atoms with van der Waals surface area (Å²) in [7, 11) is 0. The van der Waals surface area contributed by atoms with Gasteiger partial charge in [0.15, 0.2) is 0 Å². The van der Waals surface area contributed by atoms with Crippen molar-refractivity contribution in [3.8, 4) is 0 Å². The van der Waals surface area contributed by atoms with E-state index in [1.165, 1.54) is 30.3 Å². The molecule has 1 saturated heterocycles. The SMILES string of the molecule is C=CCN1C(=O)C(=O)N(Cc2ccc(F)cc2)C1=O. The van der Waals surface area contributed by atoms with E-state index in [4.69, 9.17) is 0 Å². The highest BCUT2D eigenvalue weighted by Crippen LogP contribution is 2.16. The molecule has 98 valence electrons. The summed E-state index contributed by atoms with van der Waals surface area (Å²) in [4.78, 5) is 36.8. The Hall–Kier alpha value is -2.50. The lowest BCUT2D eigenvalue weighted by Crippen LogP contribution is -2.33. The fourth-order valence-electron chi connectivity index (χ4n) is 1.75. The molecule has 0 radical (unpaired) electrons. The van der Waals surface area contributed by atoms with Crippen molar-refractivity contribution >= 4 is 17.8 Å². The number of benzene rings is 1. The van der Waals surface area contributed by atoms with E-state index in [9.17, 15) is 18.8 Å². The number of imide groups is 2. The van der Waals surface area contributed by atoms with Crippen LogP contribution < -0.4 is 0 Å². The van der Waals surface area contributed by atoms with Gasteiger partial charge < -0.3 is 0 Å². The highest BCUT2D eigenvalue weighted by Gasteiger charge is 2.43. The van der Waals surface area contributed by atoms with E-state index in [-0.39, 0.29) is 13.1 Å². The Morgan fingerprint density at radius 3 is 2.21 bits per heavy atom. The Morgan fingerprint density at radius 1 is 1.05 bits per heavy atom. The molecular weight excluding hydrogens is 251 g/mol. The van der Waals surface area contributed by atoms with Crippen LogP contribution in [-0.4, -0.2) is 34.2 Å². The Morgan fingerprint density at radius 2 is 1.63 bits per heavy atom. The van der Waals surface area contributed by atoms with E-state index in [0.717, 1.165) is 9.80 Å². The second kappa shape index (κ2) is 5.01. The number of hydrogen-bond acceptors (Lipinski definition) is 3. The molecule has 0 aromatic heterocycles. The predicted molar refractivity (Wildman–Crippen MR) is 64.3 cm³/mol. The van der Waals surface area contributed by atoms with Crippen LogP contribution >= 0.6 is 0 Å². The first-order chi connectivity index (χ1) is 9.04. The predicted octanol–water partition coefficient (Wildman–Crippen LogP) is 1.30. The molecule has 1 aliphatic rings. The highest BCUT2D eigenvalue weighted by molar-refractivity contribution is 6.44. The molecule has 1 heterocycles. The van der Waals surface area contributed by atoms with Crippen molar-refractivity contribution in [3.05, 3.63) is 48.3 Å². The molecule has 1 aromatic rings. The minimum absolute atomic E-state index is 0.0106. The molecule has 1 aromatic carbocycles. The zero-order chi connectivity index (χ0) is 14.0. The van der Waals surface area contributed by atoms with Crippen molar-refractivity contribution < 1.29 is 18.8 Å². The van der Waals surface area contributed by atoms with E-state index in [1.807, 2.05) is 0 Å². The Bertz CT molecular complexity index is 554. The fourth-order valence-corrected chi connectivity index (χ4v) is 1.75. The summed E-state index contributed by atoms with van der Waals surface area (Å²) in [6.07, 6.45) is 1.37. The van der Waals surface area contributed by atoms with Gasteiger partial charge in [0.25, 0.3) is 0 Å². The average Bonchev–Trinajstić information content (AvgIpc) is 2.59. The summed E-state index contributed by atoms with van der Waals surface area (Å²) in [5, 5.41) is 0. The molecule has 0 saturated carbocycles. The van der Waals surface area contributed by atoms with Gasteiger partial charge in [-0.05, 0) is 17.7 Å². The molecule has 19 heavy (non-hydrogen) atoms. The number of rotatable bonds is 4. The van der Waals surface area contributed by atoms with Crippen LogP contribution in [0.25, 0.3) is 0 Å². The first kappa shape index (κ1) is 12.9. The maximum absolute atomic E-state index is 12.8. The lowest BCUT2D eigenvalue weighted by atomic mass is 10.2. The molecular formula is C13H11FN2O3. The third kappa shape index (κ3) is 2.37. The third-order valence-corrected chi connectivity index (χ3v) is 2.70. The van der Waals surface area contributed by atoms with Gasteiger partial charge in [0.1, 0.15) is 5.82 Å².